The molecule has 0 aliphatic carbocycles. The molecular weight excluding hydrogens is 528 g/mol. The number of piperidine rings is 1. The largest absolute Gasteiger partial charge is 0.530 e. The maximum absolute atomic E-state index is 14.7. The average molecular weight is 548 g/mol. The number of carbonyl (C=O) groups is 1. The van der Waals surface area contributed by atoms with E-state index in [9.17, 15) is 27.5 Å². The number of halogens is 5. The molecule has 1 amide bonds. The highest BCUT2D eigenvalue weighted by atomic mass is 35.5. The Labute approximate surface area is 218 Å². The van der Waals surface area contributed by atoms with Crippen molar-refractivity contribution in [2.75, 3.05) is 18.4 Å². The molecule has 1 N–H and O–H groups in total. The lowest BCUT2D eigenvalue weighted by atomic mass is 9.84. The summed E-state index contributed by atoms with van der Waals surface area (Å²) in [7, 11) is 0. The minimum atomic E-state index is -4.59. The Morgan fingerprint density at radius 1 is 1.18 bits per heavy atom. The van der Waals surface area contributed by atoms with Crippen LogP contribution in [0.1, 0.15) is 30.0 Å². The summed E-state index contributed by atoms with van der Waals surface area (Å²) < 4.78 is 56.3. The van der Waals surface area contributed by atoms with E-state index in [-0.39, 0.29) is 30.4 Å². The van der Waals surface area contributed by atoms with Gasteiger partial charge in [-0.3, -0.25) is 4.57 Å². The number of hydrogen-bond acceptors (Lipinski definition) is 6. The Hall–Kier alpha value is -3.93. The van der Waals surface area contributed by atoms with Crippen molar-refractivity contribution in [3.8, 4) is 5.95 Å². The lowest BCUT2D eigenvalue weighted by Gasteiger charge is -2.43. The molecule has 1 fully saturated rings. The fourth-order valence-corrected chi connectivity index (χ4v) is 5.00. The number of aromatic nitrogens is 4. The first-order valence-corrected chi connectivity index (χ1v) is 12.0. The minimum absolute atomic E-state index is 0.0400. The van der Waals surface area contributed by atoms with Crippen LogP contribution >= 0.6 is 11.6 Å². The molecule has 8 nitrogen and oxygen atoms in total. The number of fused-ring (bicyclic) bond motifs is 1. The topological polar surface area (TPSA) is 99.0 Å². The average Bonchev–Trinajstić information content (AvgIpc) is 3.30. The number of amides is 1. The Morgan fingerprint density at radius 2 is 2.00 bits per heavy atom. The van der Waals surface area contributed by atoms with E-state index in [1.165, 1.54) is 18.3 Å². The molecule has 0 saturated carbocycles. The number of rotatable bonds is 5. The summed E-state index contributed by atoms with van der Waals surface area (Å²) in [5.41, 5.74) is -0.192. The van der Waals surface area contributed by atoms with Crippen LogP contribution in [0.25, 0.3) is 17.0 Å². The third-order valence-electron chi connectivity index (χ3n) is 6.52. The highest BCUT2D eigenvalue weighted by Crippen LogP contribution is 2.38. The van der Waals surface area contributed by atoms with Crippen LogP contribution < -0.4 is 10.4 Å². The molecule has 13 heteroatoms. The van der Waals surface area contributed by atoms with Crippen LogP contribution in [0.5, 0.6) is 0 Å². The number of likely N-dealkylation sites (tertiary alicyclic amines) is 1. The van der Waals surface area contributed by atoms with Crippen molar-refractivity contribution in [2.45, 2.75) is 25.1 Å². The fraction of sp³-hybridized carbons (Fsp3) is 0.280. The van der Waals surface area contributed by atoms with Gasteiger partial charge in [0.25, 0.3) is 0 Å². The lowest BCUT2D eigenvalue weighted by molar-refractivity contribution is -0.270. The predicted octanol–water partition coefficient (Wildman–Crippen LogP) is 4.84. The summed E-state index contributed by atoms with van der Waals surface area (Å²) in [6, 6.07) is 7.10. The van der Waals surface area contributed by atoms with Crippen molar-refractivity contribution in [3.05, 3.63) is 77.0 Å². The van der Waals surface area contributed by atoms with E-state index < -0.39 is 35.6 Å². The van der Waals surface area contributed by atoms with Gasteiger partial charge in [0.2, 0.25) is 5.95 Å². The van der Waals surface area contributed by atoms with E-state index >= 15 is 0 Å². The van der Waals surface area contributed by atoms with Crippen LogP contribution in [-0.2, 0) is 6.18 Å². The van der Waals surface area contributed by atoms with E-state index in [4.69, 9.17) is 11.6 Å². The summed E-state index contributed by atoms with van der Waals surface area (Å²) in [5, 5.41) is 16.0. The zero-order valence-electron chi connectivity index (χ0n) is 19.6. The summed E-state index contributed by atoms with van der Waals surface area (Å²) in [4.78, 5) is 25.5. The molecule has 4 aromatic rings. The molecule has 1 aromatic carbocycles. The molecule has 1 unspecified atom stereocenters. The second kappa shape index (κ2) is 10.1. The molecule has 1 saturated heterocycles. The number of benzene rings is 1. The van der Waals surface area contributed by atoms with Crippen molar-refractivity contribution in [1.29, 1.82) is 0 Å². The number of nitrogens with zero attached hydrogens (tertiary/aromatic N) is 5. The molecule has 2 atom stereocenters. The first-order chi connectivity index (χ1) is 18.1. The standard InChI is InChI=1S/C25H21ClF4N6O2/c26-18-10-15-6-8-36(22(15)32-12-18)23-33-13-19(27)21(34-23)31-11-16-4-2-7-35(24(37)38)20(16)14-3-1-5-17(9-14)25(28,29)30/h1,3,5-6,8-10,12-13,16,20H,2,4,7,11H2,(H,37,38)(H,31,33,34)/p-1/t16?,20-/m0/s1. The first kappa shape index (κ1) is 25.7. The van der Waals surface area contributed by atoms with Crippen molar-refractivity contribution >= 4 is 34.5 Å². The summed E-state index contributed by atoms with van der Waals surface area (Å²) >= 11 is 5.99. The van der Waals surface area contributed by atoms with Crippen LogP contribution in [0.4, 0.5) is 28.2 Å². The van der Waals surface area contributed by atoms with Crippen LogP contribution in [0.15, 0.2) is 55.0 Å². The van der Waals surface area contributed by atoms with Gasteiger partial charge in [-0.25, -0.2) is 14.4 Å². The molecule has 5 rings (SSSR count). The van der Waals surface area contributed by atoms with Gasteiger partial charge in [-0.2, -0.15) is 18.2 Å². The van der Waals surface area contributed by atoms with E-state index in [0.29, 0.717) is 23.5 Å². The Balaban J connectivity index is 1.43. The molecule has 38 heavy (non-hydrogen) atoms. The normalized spacial score (nSPS) is 18.1. The molecule has 1 aliphatic rings. The van der Waals surface area contributed by atoms with Crippen molar-refractivity contribution < 1.29 is 27.5 Å². The van der Waals surface area contributed by atoms with Gasteiger partial charge < -0.3 is 20.1 Å². The van der Waals surface area contributed by atoms with Gasteiger partial charge in [0.1, 0.15) is 11.7 Å². The Bertz CT molecular complexity index is 1490. The van der Waals surface area contributed by atoms with Gasteiger partial charge in [-0.15, -0.1) is 0 Å². The van der Waals surface area contributed by atoms with Gasteiger partial charge in [0.05, 0.1) is 22.8 Å². The second-order valence-electron chi connectivity index (χ2n) is 8.93. The molecular formula is C25H20ClF4N6O2-. The summed E-state index contributed by atoms with van der Waals surface area (Å²) in [6.07, 6.45) is -1.00. The van der Waals surface area contributed by atoms with Gasteiger partial charge in [0.15, 0.2) is 11.6 Å². The number of hydrogen-bond donors (Lipinski definition) is 1. The highest BCUT2D eigenvalue weighted by Gasteiger charge is 2.36. The van der Waals surface area contributed by atoms with Crippen LogP contribution in [0.3, 0.4) is 0 Å². The number of carbonyl (C=O) groups excluding carboxylic acids is 1. The maximum atomic E-state index is 14.7. The maximum Gasteiger partial charge on any atom is 0.416 e. The van der Waals surface area contributed by atoms with Crippen LogP contribution in [-0.4, -0.2) is 43.6 Å². The monoisotopic (exact) mass is 547 g/mol. The van der Waals surface area contributed by atoms with E-state index in [1.807, 2.05) is 0 Å². The third kappa shape index (κ3) is 5.08. The summed E-state index contributed by atoms with van der Waals surface area (Å²) in [5.74, 6) is -1.24. The molecule has 0 bridgehead atoms. The van der Waals surface area contributed by atoms with E-state index in [2.05, 4.69) is 20.3 Å². The fourth-order valence-electron chi connectivity index (χ4n) is 4.83. The lowest BCUT2D eigenvalue weighted by Crippen LogP contribution is -2.49. The van der Waals surface area contributed by atoms with Crippen LogP contribution in [0.2, 0.25) is 5.02 Å². The Kier molecular flexibility index (Phi) is 6.82. The van der Waals surface area contributed by atoms with Crippen LogP contribution in [0, 0.1) is 11.7 Å². The van der Waals surface area contributed by atoms with Crippen molar-refractivity contribution in [1.82, 2.24) is 24.4 Å². The van der Waals surface area contributed by atoms with Gasteiger partial charge in [-0.1, -0.05) is 23.7 Å². The van der Waals surface area contributed by atoms with Crippen molar-refractivity contribution in [3.63, 3.8) is 0 Å². The van der Waals surface area contributed by atoms with E-state index in [1.54, 1.807) is 22.9 Å². The SMILES string of the molecule is O=C([O-])N1CCCC(CNc2nc(-n3ccc4cc(Cl)cnc43)ncc2F)[C@@H]1c1cccc(C(F)(F)F)c1. The van der Waals surface area contributed by atoms with Gasteiger partial charge >= 0.3 is 6.18 Å². The van der Waals surface area contributed by atoms with Gasteiger partial charge in [0, 0.05) is 36.8 Å². The number of nitrogens with one attached hydrogen (secondary N) is 1. The first-order valence-electron chi connectivity index (χ1n) is 11.7. The molecule has 0 radical (unpaired) electrons. The molecule has 0 spiro atoms. The zero-order chi connectivity index (χ0) is 27.0. The summed E-state index contributed by atoms with van der Waals surface area (Å²) in [6.45, 7) is 0.155. The predicted molar refractivity (Wildman–Crippen MR) is 129 cm³/mol. The quantitative estimate of drug-likeness (QED) is 0.359. The zero-order valence-corrected chi connectivity index (χ0v) is 20.4. The van der Waals surface area contributed by atoms with E-state index in [0.717, 1.165) is 28.6 Å². The number of pyridine rings is 1. The molecule has 1 aliphatic heterocycles. The molecule has 3 aromatic heterocycles. The van der Waals surface area contributed by atoms with Crippen molar-refractivity contribution in [2.24, 2.45) is 5.92 Å². The Morgan fingerprint density at radius 3 is 2.76 bits per heavy atom. The highest BCUT2D eigenvalue weighted by molar-refractivity contribution is 6.31. The number of anilines is 1. The molecule has 4 heterocycles. The second-order valence-corrected chi connectivity index (χ2v) is 9.37. The minimum Gasteiger partial charge on any atom is -0.530 e. The number of alkyl halides is 3. The van der Waals surface area contributed by atoms with Gasteiger partial charge in [-0.05, 0) is 42.7 Å². The number of carboxylic acid groups (broad SMARTS) is 1. The third-order valence-corrected chi connectivity index (χ3v) is 6.72. The smallest absolute Gasteiger partial charge is 0.416 e. The molecule has 198 valence electrons.